The van der Waals surface area contributed by atoms with E-state index in [-0.39, 0.29) is 12.1 Å². The highest BCUT2D eigenvalue weighted by Crippen LogP contribution is 2.27. The predicted octanol–water partition coefficient (Wildman–Crippen LogP) is 3.38. The molecule has 82 valence electrons. The molecular weight excluding hydrogens is 254 g/mol. The minimum atomic E-state index is 0.0931. The summed E-state index contributed by atoms with van der Waals surface area (Å²) in [7, 11) is 0. The lowest BCUT2D eigenvalue weighted by atomic mass is 10.1. The lowest BCUT2D eigenvalue weighted by Crippen LogP contribution is -2.26. The molecule has 1 rings (SSSR count). The Balaban J connectivity index is 2.85. The SMILES string of the molecule is C=CC(C)NC(C)c1cc(Br)ccc1O. The van der Waals surface area contributed by atoms with Crippen molar-refractivity contribution in [3.05, 3.63) is 40.9 Å². The Morgan fingerprint density at radius 3 is 2.73 bits per heavy atom. The smallest absolute Gasteiger partial charge is 0.120 e. The van der Waals surface area contributed by atoms with E-state index in [4.69, 9.17) is 0 Å². The van der Waals surface area contributed by atoms with Gasteiger partial charge in [-0.1, -0.05) is 22.0 Å². The summed E-state index contributed by atoms with van der Waals surface area (Å²) in [4.78, 5) is 0. The lowest BCUT2D eigenvalue weighted by Gasteiger charge is -2.18. The van der Waals surface area contributed by atoms with Crippen molar-refractivity contribution in [2.24, 2.45) is 0 Å². The summed E-state index contributed by atoms with van der Waals surface area (Å²) in [5.41, 5.74) is 0.887. The molecule has 2 atom stereocenters. The van der Waals surface area contributed by atoms with Crippen molar-refractivity contribution in [3.63, 3.8) is 0 Å². The zero-order valence-corrected chi connectivity index (χ0v) is 10.6. The molecule has 0 spiro atoms. The number of aromatic hydroxyl groups is 1. The van der Waals surface area contributed by atoms with E-state index in [0.717, 1.165) is 10.0 Å². The molecular formula is C12H16BrNO. The second kappa shape index (κ2) is 5.33. The van der Waals surface area contributed by atoms with Crippen LogP contribution in [0.3, 0.4) is 0 Å². The van der Waals surface area contributed by atoms with Crippen LogP contribution < -0.4 is 5.32 Å². The van der Waals surface area contributed by atoms with E-state index in [1.165, 1.54) is 0 Å². The van der Waals surface area contributed by atoms with Gasteiger partial charge in [-0.25, -0.2) is 0 Å². The number of halogens is 1. The third-order valence-corrected chi connectivity index (χ3v) is 2.82. The molecule has 0 radical (unpaired) electrons. The van der Waals surface area contributed by atoms with Crippen LogP contribution in [0.4, 0.5) is 0 Å². The Morgan fingerprint density at radius 1 is 1.47 bits per heavy atom. The molecule has 0 aliphatic carbocycles. The van der Waals surface area contributed by atoms with Gasteiger partial charge in [0.25, 0.3) is 0 Å². The first-order chi connectivity index (χ1) is 7.04. The summed E-state index contributed by atoms with van der Waals surface area (Å²) in [6.45, 7) is 7.75. The Kier molecular flexibility index (Phi) is 4.36. The summed E-state index contributed by atoms with van der Waals surface area (Å²) in [5.74, 6) is 0.314. The van der Waals surface area contributed by atoms with Crippen molar-refractivity contribution >= 4 is 15.9 Å². The Bertz CT molecular complexity index is 351. The first-order valence-corrected chi connectivity index (χ1v) is 5.71. The van der Waals surface area contributed by atoms with Gasteiger partial charge in [0.2, 0.25) is 0 Å². The van der Waals surface area contributed by atoms with Crippen molar-refractivity contribution in [1.82, 2.24) is 5.32 Å². The van der Waals surface area contributed by atoms with Crippen molar-refractivity contribution in [2.75, 3.05) is 0 Å². The van der Waals surface area contributed by atoms with Crippen LogP contribution in [-0.4, -0.2) is 11.1 Å². The summed E-state index contributed by atoms with van der Waals surface area (Å²) in [6, 6.07) is 5.75. The van der Waals surface area contributed by atoms with Crippen molar-refractivity contribution < 1.29 is 5.11 Å². The van der Waals surface area contributed by atoms with Gasteiger partial charge in [-0.2, -0.15) is 0 Å². The van der Waals surface area contributed by atoms with E-state index in [9.17, 15) is 5.11 Å². The standard InChI is InChI=1S/C12H16BrNO/c1-4-8(2)14-9(3)11-7-10(13)5-6-12(11)15/h4-9,14-15H,1H2,2-3H3. The third kappa shape index (κ3) is 3.36. The minimum Gasteiger partial charge on any atom is -0.508 e. The van der Waals surface area contributed by atoms with Gasteiger partial charge in [0.1, 0.15) is 5.75 Å². The van der Waals surface area contributed by atoms with E-state index >= 15 is 0 Å². The van der Waals surface area contributed by atoms with Crippen LogP contribution in [0.1, 0.15) is 25.5 Å². The maximum absolute atomic E-state index is 9.70. The van der Waals surface area contributed by atoms with E-state index in [0.29, 0.717) is 5.75 Å². The Morgan fingerprint density at radius 2 is 2.13 bits per heavy atom. The predicted molar refractivity (Wildman–Crippen MR) is 67.0 cm³/mol. The average Bonchev–Trinajstić information content (AvgIpc) is 2.21. The zero-order valence-electron chi connectivity index (χ0n) is 9.00. The minimum absolute atomic E-state index is 0.0931. The molecule has 0 aromatic heterocycles. The number of phenolic OH excluding ortho intramolecular Hbond substituents is 1. The highest BCUT2D eigenvalue weighted by atomic mass is 79.9. The molecule has 0 aliphatic rings. The zero-order chi connectivity index (χ0) is 11.4. The van der Waals surface area contributed by atoms with Gasteiger partial charge in [0.05, 0.1) is 0 Å². The summed E-state index contributed by atoms with van der Waals surface area (Å²) in [5, 5.41) is 13.0. The van der Waals surface area contributed by atoms with Gasteiger partial charge in [0, 0.05) is 22.1 Å². The van der Waals surface area contributed by atoms with Gasteiger partial charge in [-0.3, -0.25) is 0 Å². The van der Waals surface area contributed by atoms with Crippen LogP contribution in [0.5, 0.6) is 5.75 Å². The Hall–Kier alpha value is -0.800. The number of nitrogens with one attached hydrogen (secondary N) is 1. The number of rotatable bonds is 4. The summed E-state index contributed by atoms with van der Waals surface area (Å²) in [6.07, 6.45) is 1.84. The second-order valence-electron chi connectivity index (χ2n) is 3.62. The maximum Gasteiger partial charge on any atom is 0.120 e. The molecule has 0 fully saturated rings. The molecule has 2 N–H and O–H groups in total. The second-order valence-corrected chi connectivity index (χ2v) is 4.53. The molecule has 0 bridgehead atoms. The Labute approximate surface area is 99.1 Å². The highest BCUT2D eigenvalue weighted by Gasteiger charge is 2.11. The fourth-order valence-corrected chi connectivity index (χ4v) is 1.80. The fourth-order valence-electron chi connectivity index (χ4n) is 1.42. The topological polar surface area (TPSA) is 32.3 Å². The van der Waals surface area contributed by atoms with Gasteiger partial charge in [0.15, 0.2) is 0 Å². The first-order valence-electron chi connectivity index (χ1n) is 4.91. The van der Waals surface area contributed by atoms with E-state index < -0.39 is 0 Å². The van der Waals surface area contributed by atoms with Crippen LogP contribution in [0.25, 0.3) is 0 Å². The van der Waals surface area contributed by atoms with E-state index in [1.54, 1.807) is 6.07 Å². The van der Waals surface area contributed by atoms with E-state index in [2.05, 4.69) is 27.8 Å². The molecule has 2 unspecified atom stereocenters. The molecule has 0 saturated carbocycles. The number of phenols is 1. The molecule has 3 heteroatoms. The summed E-state index contributed by atoms with van der Waals surface area (Å²) >= 11 is 3.39. The molecule has 1 aromatic rings. The molecule has 2 nitrogen and oxygen atoms in total. The quantitative estimate of drug-likeness (QED) is 0.822. The van der Waals surface area contributed by atoms with Crippen molar-refractivity contribution in [1.29, 1.82) is 0 Å². The number of hydrogen-bond acceptors (Lipinski definition) is 2. The monoisotopic (exact) mass is 269 g/mol. The van der Waals surface area contributed by atoms with Gasteiger partial charge >= 0.3 is 0 Å². The first kappa shape index (κ1) is 12.3. The van der Waals surface area contributed by atoms with Gasteiger partial charge in [-0.15, -0.1) is 6.58 Å². The molecule has 0 aliphatic heterocycles. The fraction of sp³-hybridized carbons (Fsp3) is 0.333. The molecule has 0 heterocycles. The molecule has 0 saturated heterocycles. The van der Waals surface area contributed by atoms with Crippen LogP contribution in [0.15, 0.2) is 35.3 Å². The largest absolute Gasteiger partial charge is 0.508 e. The van der Waals surface area contributed by atoms with Gasteiger partial charge in [-0.05, 0) is 32.0 Å². The average molecular weight is 270 g/mol. The van der Waals surface area contributed by atoms with Crippen molar-refractivity contribution in [3.8, 4) is 5.75 Å². The lowest BCUT2D eigenvalue weighted by molar-refractivity contribution is 0.447. The van der Waals surface area contributed by atoms with E-state index in [1.807, 2.05) is 32.1 Å². The van der Waals surface area contributed by atoms with Crippen molar-refractivity contribution in [2.45, 2.75) is 25.9 Å². The van der Waals surface area contributed by atoms with Crippen LogP contribution >= 0.6 is 15.9 Å². The summed E-state index contributed by atoms with van der Waals surface area (Å²) < 4.78 is 0.968. The third-order valence-electron chi connectivity index (χ3n) is 2.32. The van der Waals surface area contributed by atoms with Crippen LogP contribution in [0.2, 0.25) is 0 Å². The molecule has 1 aromatic carbocycles. The van der Waals surface area contributed by atoms with Gasteiger partial charge < -0.3 is 10.4 Å². The number of hydrogen-bond donors (Lipinski definition) is 2. The van der Waals surface area contributed by atoms with Crippen LogP contribution in [0, 0.1) is 0 Å². The molecule has 15 heavy (non-hydrogen) atoms. The normalized spacial score (nSPS) is 14.6. The highest BCUT2D eigenvalue weighted by molar-refractivity contribution is 9.10. The number of benzene rings is 1. The maximum atomic E-state index is 9.70. The molecule has 0 amide bonds. The van der Waals surface area contributed by atoms with Crippen LogP contribution in [-0.2, 0) is 0 Å².